The molecule has 1 aromatic carbocycles. The van der Waals surface area contributed by atoms with Gasteiger partial charge in [-0.2, -0.15) is 0 Å². The summed E-state index contributed by atoms with van der Waals surface area (Å²) in [5, 5.41) is 0.959. The van der Waals surface area contributed by atoms with Crippen LogP contribution in [0.3, 0.4) is 0 Å². The van der Waals surface area contributed by atoms with Gasteiger partial charge in [-0.25, -0.2) is 14.4 Å². The summed E-state index contributed by atoms with van der Waals surface area (Å²) in [4.78, 5) is 13.5. The van der Waals surface area contributed by atoms with Gasteiger partial charge < -0.3 is 10.6 Å². The van der Waals surface area contributed by atoms with Crippen LogP contribution in [-0.2, 0) is 6.42 Å². The molecule has 1 unspecified atom stereocenters. The minimum Gasteiger partial charge on any atom is -0.354 e. The van der Waals surface area contributed by atoms with Crippen molar-refractivity contribution in [1.82, 2.24) is 14.9 Å². The standard InChI is InChI=1S/C18H20FN5S.BrH/c19-13-4-5-14-15(11-13)25-18(22-14)12-16(20)23-7-9-24(10-8-23)17-3-1-2-6-21-17;/h1-6,11,16H,7-10,12,20H2;1H. The molecule has 0 amide bonds. The number of hydrogen-bond acceptors (Lipinski definition) is 6. The highest BCUT2D eigenvalue weighted by molar-refractivity contribution is 8.93. The van der Waals surface area contributed by atoms with E-state index in [9.17, 15) is 4.39 Å². The highest BCUT2D eigenvalue weighted by Gasteiger charge is 2.23. The van der Waals surface area contributed by atoms with Gasteiger partial charge in [0.2, 0.25) is 0 Å². The molecule has 1 atom stereocenters. The number of halogens is 2. The second-order valence-corrected chi connectivity index (χ2v) is 7.32. The monoisotopic (exact) mass is 437 g/mol. The molecule has 0 aliphatic carbocycles. The van der Waals surface area contributed by atoms with Gasteiger partial charge in [0.1, 0.15) is 11.6 Å². The van der Waals surface area contributed by atoms with Crippen LogP contribution in [0.1, 0.15) is 5.01 Å². The van der Waals surface area contributed by atoms with Gasteiger partial charge in [0.05, 0.1) is 21.4 Å². The highest BCUT2D eigenvalue weighted by Crippen LogP contribution is 2.24. The molecule has 5 nitrogen and oxygen atoms in total. The van der Waals surface area contributed by atoms with Crippen LogP contribution in [-0.4, -0.2) is 47.2 Å². The van der Waals surface area contributed by atoms with Gasteiger partial charge >= 0.3 is 0 Å². The molecule has 2 aromatic heterocycles. The minimum absolute atomic E-state index is 0. The summed E-state index contributed by atoms with van der Waals surface area (Å²) in [6, 6.07) is 10.7. The van der Waals surface area contributed by atoms with Crippen molar-refractivity contribution in [3.8, 4) is 0 Å². The molecule has 0 saturated carbocycles. The van der Waals surface area contributed by atoms with Crippen molar-refractivity contribution in [3.05, 3.63) is 53.4 Å². The summed E-state index contributed by atoms with van der Waals surface area (Å²) in [6.07, 6.45) is 2.44. The number of nitrogens with two attached hydrogens (primary N) is 1. The number of anilines is 1. The lowest BCUT2D eigenvalue weighted by molar-refractivity contribution is 0.187. The van der Waals surface area contributed by atoms with Crippen LogP contribution < -0.4 is 10.6 Å². The van der Waals surface area contributed by atoms with Crippen LogP contribution in [0.15, 0.2) is 42.6 Å². The van der Waals surface area contributed by atoms with E-state index in [0.29, 0.717) is 6.42 Å². The Kier molecular flexibility index (Phi) is 6.18. The van der Waals surface area contributed by atoms with E-state index in [0.717, 1.165) is 47.2 Å². The third kappa shape index (κ3) is 4.20. The fourth-order valence-electron chi connectivity index (χ4n) is 3.16. The van der Waals surface area contributed by atoms with Crippen LogP contribution in [0.25, 0.3) is 10.2 Å². The van der Waals surface area contributed by atoms with Gasteiger partial charge in [0.25, 0.3) is 0 Å². The maximum Gasteiger partial charge on any atom is 0.128 e. The zero-order valence-electron chi connectivity index (χ0n) is 14.2. The van der Waals surface area contributed by atoms with Gasteiger partial charge in [-0.15, -0.1) is 28.3 Å². The fraction of sp³-hybridized carbons (Fsp3) is 0.333. The highest BCUT2D eigenvalue weighted by atomic mass is 79.9. The second kappa shape index (κ2) is 8.39. The molecule has 0 radical (unpaired) electrons. The molecule has 1 saturated heterocycles. The number of fused-ring (bicyclic) bond motifs is 1. The molecular formula is C18H21BrFN5S. The van der Waals surface area contributed by atoms with Crippen molar-refractivity contribution in [2.75, 3.05) is 31.1 Å². The Morgan fingerprint density at radius 1 is 1.15 bits per heavy atom. The summed E-state index contributed by atoms with van der Waals surface area (Å²) in [5.74, 6) is 0.793. The summed E-state index contributed by atoms with van der Waals surface area (Å²) >= 11 is 1.52. The lowest BCUT2D eigenvalue weighted by Crippen LogP contribution is -2.54. The van der Waals surface area contributed by atoms with E-state index in [2.05, 4.69) is 19.8 Å². The first kappa shape index (κ1) is 19.2. The Labute approximate surface area is 166 Å². The summed E-state index contributed by atoms with van der Waals surface area (Å²) in [6.45, 7) is 3.63. The predicted molar refractivity (Wildman–Crippen MR) is 110 cm³/mol. The maximum absolute atomic E-state index is 13.3. The molecule has 8 heteroatoms. The Hall–Kier alpha value is -1.61. The molecule has 1 aliphatic heterocycles. The van der Waals surface area contributed by atoms with Crippen molar-refractivity contribution in [2.24, 2.45) is 5.73 Å². The second-order valence-electron chi connectivity index (χ2n) is 6.20. The van der Waals surface area contributed by atoms with Gasteiger partial charge in [0.15, 0.2) is 0 Å². The van der Waals surface area contributed by atoms with Crippen LogP contribution in [0, 0.1) is 5.82 Å². The first-order valence-electron chi connectivity index (χ1n) is 8.39. The zero-order chi connectivity index (χ0) is 17.2. The van der Waals surface area contributed by atoms with E-state index in [4.69, 9.17) is 5.73 Å². The zero-order valence-corrected chi connectivity index (χ0v) is 16.7. The number of pyridine rings is 1. The van der Waals surface area contributed by atoms with E-state index in [1.165, 1.54) is 23.5 Å². The van der Waals surface area contributed by atoms with Crippen molar-refractivity contribution >= 4 is 44.4 Å². The Bertz CT molecular complexity index is 851. The first-order valence-corrected chi connectivity index (χ1v) is 9.21. The molecular weight excluding hydrogens is 417 g/mol. The molecule has 1 fully saturated rings. The SMILES string of the molecule is Br.NC(Cc1nc2ccc(F)cc2s1)N1CCN(c2ccccn2)CC1. The molecule has 138 valence electrons. The van der Waals surface area contributed by atoms with Crippen LogP contribution >= 0.6 is 28.3 Å². The van der Waals surface area contributed by atoms with E-state index in [1.54, 1.807) is 6.07 Å². The van der Waals surface area contributed by atoms with Gasteiger partial charge in [-0.05, 0) is 30.3 Å². The van der Waals surface area contributed by atoms with Crippen LogP contribution in [0.4, 0.5) is 10.2 Å². The molecule has 1 aliphatic rings. The van der Waals surface area contributed by atoms with Crippen molar-refractivity contribution < 1.29 is 4.39 Å². The average molecular weight is 438 g/mol. The van der Waals surface area contributed by atoms with E-state index in [-0.39, 0.29) is 29.0 Å². The average Bonchev–Trinajstić information content (AvgIpc) is 3.04. The van der Waals surface area contributed by atoms with Crippen LogP contribution in [0.2, 0.25) is 0 Å². The molecule has 3 aromatic rings. The normalized spacial score (nSPS) is 16.5. The van der Waals surface area contributed by atoms with E-state index >= 15 is 0 Å². The Morgan fingerprint density at radius 2 is 1.96 bits per heavy atom. The molecule has 3 heterocycles. The quantitative estimate of drug-likeness (QED) is 0.679. The number of benzene rings is 1. The summed E-state index contributed by atoms with van der Waals surface area (Å²) < 4.78 is 14.2. The lowest BCUT2D eigenvalue weighted by atomic mass is 10.2. The first-order chi connectivity index (χ1) is 12.2. The van der Waals surface area contributed by atoms with Crippen molar-refractivity contribution in [1.29, 1.82) is 0 Å². The molecule has 0 bridgehead atoms. The van der Waals surface area contributed by atoms with Gasteiger partial charge in [0, 0.05) is 38.8 Å². The Balaban J connectivity index is 0.00000196. The third-order valence-corrected chi connectivity index (χ3v) is 5.58. The number of nitrogens with zero attached hydrogens (tertiary/aromatic N) is 4. The van der Waals surface area contributed by atoms with Crippen LogP contribution in [0.5, 0.6) is 0 Å². The fourth-order valence-corrected chi connectivity index (χ4v) is 4.21. The summed E-state index contributed by atoms with van der Waals surface area (Å²) in [7, 11) is 0. The van der Waals surface area contributed by atoms with Crippen molar-refractivity contribution in [2.45, 2.75) is 12.6 Å². The number of piperazine rings is 1. The topological polar surface area (TPSA) is 58.3 Å². The third-order valence-electron chi connectivity index (χ3n) is 4.54. The number of aromatic nitrogens is 2. The van der Waals surface area contributed by atoms with Gasteiger partial charge in [-0.3, -0.25) is 4.90 Å². The number of hydrogen-bond donors (Lipinski definition) is 1. The molecule has 0 spiro atoms. The van der Waals surface area contributed by atoms with E-state index < -0.39 is 0 Å². The largest absolute Gasteiger partial charge is 0.354 e. The van der Waals surface area contributed by atoms with Gasteiger partial charge in [-0.1, -0.05) is 6.07 Å². The number of thiazole rings is 1. The Morgan fingerprint density at radius 3 is 2.69 bits per heavy atom. The van der Waals surface area contributed by atoms with Crippen molar-refractivity contribution in [3.63, 3.8) is 0 Å². The number of rotatable bonds is 4. The van der Waals surface area contributed by atoms with E-state index in [1.807, 2.05) is 24.4 Å². The summed E-state index contributed by atoms with van der Waals surface area (Å²) in [5.41, 5.74) is 7.24. The molecule has 4 rings (SSSR count). The molecule has 2 N–H and O–H groups in total. The minimum atomic E-state index is -0.224. The smallest absolute Gasteiger partial charge is 0.128 e. The maximum atomic E-state index is 13.3. The molecule has 26 heavy (non-hydrogen) atoms. The predicted octanol–water partition coefficient (Wildman–Crippen LogP) is 3.06. The lowest BCUT2D eigenvalue weighted by Gasteiger charge is -2.38.